The molecule has 1 heterocycles. The number of carbonyl (C=O) groups excluding carboxylic acids is 1. The molecule has 6 atom stereocenters. The lowest BCUT2D eigenvalue weighted by Crippen LogP contribution is -2.62. The molecule has 1 aliphatic rings. The Hall–Kier alpha value is -2.34. The summed E-state index contributed by atoms with van der Waals surface area (Å²) in [6.07, 6.45) is -3.27. The first-order valence-corrected chi connectivity index (χ1v) is 15.0. The number of halogens is 1. The third kappa shape index (κ3) is 9.36. The Morgan fingerprint density at radius 3 is 1.65 bits per heavy atom. The largest absolute Gasteiger partial charge is 0.463 e. The van der Waals surface area contributed by atoms with Crippen molar-refractivity contribution in [2.45, 2.75) is 70.5 Å². The van der Waals surface area contributed by atoms with Crippen LogP contribution in [0.15, 0.2) is 91.0 Å². The van der Waals surface area contributed by atoms with Crippen molar-refractivity contribution >= 4 is 28.6 Å². The monoisotopic (exact) mass is 660 g/mol. The second-order valence-electron chi connectivity index (χ2n) is 9.73. The van der Waals surface area contributed by atoms with Gasteiger partial charge < -0.3 is 28.4 Å². The second kappa shape index (κ2) is 16.2. The van der Waals surface area contributed by atoms with E-state index in [2.05, 4.69) is 22.6 Å². The van der Waals surface area contributed by atoms with Crippen LogP contribution in [-0.2, 0) is 53.0 Å². The van der Waals surface area contributed by atoms with Gasteiger partial charge in [-0.3, -0.25) is 4.79 Å². The van der Waals surface area contributed by atoms with Gasteiger partial charge in [-0.25, -0.2) is 0 Å². The van der Waals surface area contributed by atoms with E-state index in [-0.39, 0.29) is 12.7 Å². The van der Waals surface area contributed by atoms with E-state index in [4.69, 9.17) is 28.4 Å². The molecule has 4 rings (SSSR count). The van der Waals surface area contributed by atoms with Crippen molar-refractivity contribution in [2.24, 2.45) is 0 Å². The lowest BCUT2D eigenvalue weighted by Gasteiger charge is -2.46. The molecule has 7 nitrogen and oxygen atoms in total. The molecular formula is C32H37IO7. The normalized spacial score (nSPS) is 23.4. The van der Waals surface area contributed by atoms with E-state index in [1.807, 2.05) is 97.9 Å². The van der Waals surface area contributed by atoms with Gasteiger partial charge in [0.25, 0.3) is 0 Å². The maximum absolute atomic E-state index is 11.8. The SMILES string of the molecule is CC(=O)OC[C@H]1O[C@@H](O[C@@H](C)CI)[C@@H](OCc2ccccc2)[C@@H](OCc2ccccc2)[C@@H]1OCc1ccccc1. The summed E-state index contributed by atoms with van der Waals surface area (Å²) < 4.78 is 38.6. The first kappa shape index (κ1) is 30.6. The fraction of sp³-hybridized carbons (Fsp3) is 0.406. The molecule has 0 aliphatic carbocycles. The lowest BCUT2D eigenvalue weighted by atomic mass is 9.97. The van der Waals surface area contributed by atoms with Crippen molar-refractivity contribution in [2.75, 3.05) is 11.0 Å². The molecule has 0 aromatic heterocycles. The van der Waals surface area contributed by atoms with Crippen LogP contribution in [0.25, 0.3) is 0 Å². The number of esters is 1. The highest BCUT2D eigenvalue weighted by Crippen LogP contribution is 2.32. The summed E-state index contributed by atoms with van der Waals surface area (Å²) in [7, 11) is 0. The van der Waals surface area contributed by atoms with Crippen LogP contribution in [0.1, 0.15) is 30.5 Å². The first-order chi connectivity index (χ1) is 19.5. The molecule has 0 spiro atoms. The highest BCUT2D eigenvalue weighted by molar-refractivity contribution is 14.1. The van der Waals surface area contributed by atoms with Crippen LogP contribution >= 0.6 is 22.6 Å². The number of carbonyl (C=O) groups is 1. The fourth-order valence-electron chi connectivity index (χ4n) is 4.45. The number of benzene rings is 3. The topological polar surface area (TPSA) is 72.5 Å². The minimum atomic E-state index is -0.758. The molecule has 0 radical (unpaired) electrons. The molecule has 8 heteroatoms. The minimum absolute atomic E-state index is 0.00384. The van der Waals surface area contributed by atoms with E-state index >= 15 is 0 Å². The number of rotatable bonds is 14. The van der Waals surface area contributed by atoms with Gasteiger partial charge in [0.15, 0.2) is 6.29 Å². The van der Waals surface area contributed by atoms with Crippen LogP contribution in [0, 0.1) is 0 Å². The van der Waals surface area contributed by atoms with E-state index in [0.29, 0.717) is 19.8 Å². The molecule has 1 aliphatic heterocycles. The van der Waals surface area contributed by atoms with E-state index < -0.39 is 36.7 Å². The zero-order chi connectivity index (χ0) is 28.2. The Kier molecular flexibility index (Phi) is 12.4. The van der Waals surface area contributed by atoms with Gasteiger partial charge in [0.1, 0.15) is 31.0 Å². The predicted molar refractivity (Wildman–Crippen MR) is 160 cm³/mol. The van der Waals surface area contributed by atoms with Gasteiger partial charge in [-0.15, -0.1) is 0 Å². The number of hydrogen-bond donors (Lipinski definition) is 0. The van der Waals surface area contributed by atoms with E-state index in [1.165, 1.54) is 6.92 Å². The van der Waals surface area contributed by atoms with Crippen LogP contribution in [-0.4, -0.2) is 53.8 Å². The molecule has 0 amide bonds. The molecule has 0 N–H and O–H groups in total. The van der Waals surface area contributed by atoms with E-state index in [9.17, 15) is 4.79 Å². The van der Waals surface area contributed by atoms with Crippen molar-refractivity contribution in [3.05, 3.63) is 108 Å². The summed E-state index contributed by atoms with van der Waals surface area (Å²) in [5.74, 6) is -0.396. The highest BCUT2D eigenvalue weighted by atomic mass is 127. The fourth-order valence-corrected chi connectivity index (χ4v) is 4.66. The number of alkyl halides is 1. The van der Waals surface area contributed by atoms with Crippen LogP contribution in [0.2, 0.25) is 0 Å². The molecule has 1 fully saturated rings. The number of ether oxygens (including phenoxy) is 6. The molecule has 40 heavy (non-hydrogen) atoms. The molecule has 0 unspecified atom stereocenters. The summed E-state index contributed by atoms with van der Waals surface area (Å²) in [4.78, 5) is 11.8. The molecule has 3 aromatic carbocycles. The molecule has 214 valence electrons. The van der Waals surface area contributed by atoms with Gasteiger partial charge in [-0.2, -0.15) is 0 Å². The third-order valence-electron chi connectivity index (χ3n) is 6.48. The van der Waals surface area contributed by atoms with Crippen molar-refractivity contribution < 1.29 is 33.2 Å². The van der Waals surface area contributed by atoms with Gasteiger partial charge in [-0.05, 0) is 23.6 Å². The average Bonchev–Trinajstić information content (AvgIpc) is 2.99. The Bertz CT molecular complexity index is 1130. The van der Waals surface area contributed by atoms with Crippen molar-refractivity contribution in [1.82, 2.24) is 0 Å². The average molecular weight is 661 g/mol. The quantitative estimate of drug-likeness (QED) is 0.122. The Labute approximate surface area is 250 Å². The maximum atomic E-state index is 11.8. The minimum Gasteiger partial charge on any atom is -0.463 e. The zero-order valence-electron chi connectivity index (χ0n) is 22.9. The first-order valence-electron chi connectivity index (χ1n) is 13.5. The van der Waals surface area contributed by atoms with Crippen molar-refractivity contribution in [3.8, 4) is 0 Å². The van der Waals surface area contributed by atoms with Crippen LogP contribution in [0.4, 0.5) is 0 Å². The molecule has 0 bridgehead atoms. The van der Waals surface area contributed by atoms with Crippen molar-refractivity contribution in [1.29, 1.82) is 0 Å². The summed E-state index contributed by atoms with van der Waals surface area (Å²) in [5.41, 5.74) is 3.05. The van der Waals surface area contributed by atoms with Gasteiger partial charge >= 0.3 is 5.97 Å². The molecule has 0 saturated carbocycles. The Balaban J connectivity index is 1.65. The Morgan fingerprint density at radius 2 is 1.20 bits per heavy atom. The van der Waals surface area contributed by atoms with Gasteiger partial charge in [-0.1, -0.05) is 114 Å². The summed E-state index contributed by atoms with van der Waals surface area (Å²) in [5, 5.41) is 0. The second-order valence-corrected chi connectivity index (χ2v) is 10.6. The van der Waals surface area contributed by atoms with Crippen molar-refractivity contribution in [3.63, 3.8) is 0 Å². The smallest absolute Gasteiger partial charge is 0.302 e. The van der Waals surface area contributed by atoms with E-state index in [0.717, 1.165) is 21.1 Å². The third-order valence-corrected chi connectivity index (χ3v) is 7.72. The zero-order valence-corrected chi connectivity index (χ0v) is 25.1. The lowest BCUT2D eigenvalue weighted by molar-refractivity contribution is -0.332. The summed E-state index contributed by atoms with van der Waals surface area (Å²) in [6, 6.07) is 29.8. The molecule has 1 saturated heterocycles. The standard InChI is InChI=1S/C32H37IO7/c1-23(18-33)39-32-31(38-21-27-16-10-5-11-17-27)30(37-20-26-14-8-4-9-15-26)29(28(40-32)22-35-24(2)34)36-19-25-12-6-3-7-13-25/h3-17,23,28-32H,18-22H2,1-2H3/t23-,28+,29+,30-,31-,32+/m0/s1. The molecule has 3 aromatic rings. The van der Waals surface area contributed by atoms with E-state index in [1.54, 1.807) is 0 Å². The number of hydrogen-bond acceptors (Lipinski definition) is 7. The van der Waals surface area contributed by atoms with Gasteiger partial charge in [0, 0.05) is 11.4 Å². The highest BCUT2D eigenvalue weighted by Gasteiger charge is 2.49. The summed E-state index contributed by atoms with van der Waals surface area (Å²) >= 11 is 2.28. The predicted octanol–water partition coefficient (Wildman–Crippen LogP) is 5.87. The summed E-state index contributed by atoms with van der Waals surface area (Å²) in [6.45, 7) is 4.39. The maximum Gasteiger partial charge on any atom is 0.302 e. The Morgan fingerprint density at radius 1 is 0.750 bits per heavy atom. The van der Waals surface area contributed by atoms with Gasteiger partial charge in [0.2, 0.25) is 0 Å². The van der Waals surface area contributed by atoms with Gasteiger partial charge in [0.05, 0.1) is 25.9 Å². The van der Waals surface area contributed by atoms with Crippen LogP contribution in [0.5, 0.6) is 0 Å². The molecular weight excluding hydrogens is 623 g/mol. The van der Waals surface area contributed by atoms with Crippen LogP contribution < -0.4 is 0 Å². The van der Waals surface area contributed by atoms with Crippen LogP contribution in [0.3, 0.4) is 0 Å².